The van der Waals surface area contributed by atoms with Crippen molar-refractivity contribution in [1.82, 2.24) is 15.2 Å². The smallest absolute Gasteiger partial charge is 0.261 e. The zero-order valence-electron chi connectivity index (χ0n) is 13.8. The molecule has 7 heteroatoms. The molecule has 4 aromatic rings. The highest BCUT2D eigenvalue weighted by atomic mass is 32.1. The summed E-state index contributed by atoms with van der Waals surface area (Å²) in [5.74, 6) is -0.704. The summed E-state index contributed by atoms with van der Waals surface area (Å²) in [5, 5.41) is 9.73. The van der Waals surface area contributed by atoms with Crippen LogP contribution in [0.5, 0.6) is 0 Å². The molecule has 0 saturated heterocycles. The quantitative estimate of drug-likeness (QED) is 0.540. The molecule has 0 aliphatic carbocycles. The lowest BCUT2D eigenvalue weighted by Gasteiger charge is -2.03. The molecule has 0 saturated carbocycles. The average molecular weight is 362 g/mol. The Morgan fingerprint density at radius 1 is 1.08 bits per heavy atom. The first kappa shape index (κ1) is 16.2. The molecule has 0 unspecified atom stereocenters. The van der Waals surface area contributed by atoms with Gasteiger partial charge in [0.25, 0.3) is 5.91 Å². The number of para-hydroxylation sites is 1. The third-order valence-electron chi connectivity index (χ3n) is 3.94. The molecule has 0 radical (unpaired) electrons. The standard InChI is InChI=1S/C19H14N4O2S/c1-11-6-8-12(9-7-11)17(24)16-13(10-20-23-16)18(25)22-19-21-14-4-2-3-5-15(14)26-19/h2-10H,1H3,(H,20,23)(H,21,22,25). The van der Waals surface area contributed by atoms with Gasteiger partial charge in [0.05, 0.1) is 22.0 Å². The van der Waals surface area contributed by atoms with Crippen LogP contribution in [0.4, 0.5) is 5.13 Å². The van der Waals surface area contributed by atoms with Crippen LogP contribution < -0.4 is 5.32 Å². The lowest BCUT2D eigenvalue weighted by Crippen LogP contribution is -2.16. The lowest BCUT2D eigenvalue weighted by molar-refractivity contribution is 0.0994. The minimum Gasteiger partial charge on any atom is -0.298 e. The number of nitrogens with one attached hydrogen (secondary N) is 2. The van der Waals surface area contributed by atoms with Gasteiger partial charge in [0.15, 0.2) is 5.13 Å². The van der Waals surface area contributed by atoms with Gasteiger partial charge >= 0.3 is 0 Å². The van der Waals surface area contributed by atoms with Crippen LogP contribution in [0.2, 0.25) is 0 Å². The van der Waals surface area contributed by atoms with Gasteiger partial charge in [-0.25, -0.2) is 4.98 Å². The van der Waals surface area contributed by atoms with E-state index in [2.05, 4.69) is 20.5 Å². The van der Waals surface area contributed by atoms with Crippen molar-refractivity contribution in [2.24, 2.45) is 0 Å². The number of nitrogens with zero attached hydrogens (tertiary/aromatic N) is 2. The first-order chi connectivity index (χ1) is 12.6. The second-order valence-electron chi connectivity index (χ2n) is 5.79. The summed E-state index contributed by atoms with van der Waals surface area (Å²) in [6.45, 7) is 1.95. The molecule has 26 heavy (non-hydrogen) atoms. The number of amides is 1. The Morgan fingerprint density at radius 2 is 1.85 bits per heavy atom. The molecular weight excluding hydrogens is 348 g/mol. The van der Waals surface area contributed by atoms with Gasteiger partial charge in [-0.2, -0.15) is 5.10 Å². The molecule has 0 fully saturated rings. The summed E-state index contributed by atoms with van der Waals surface area (Å²) in [5.41, 5.74) is 2.71. The number of carbonyl (C=O) groups is 2. The normalized spacial score (nSPS) is 10.8. The molecule has 6 nitrogen and oxygen atoms in total. The van der Waals surface area contributed by atoms with Gasteiger partial charge in [0.1, 0.15) is 5.69 Å². The fraction of sp³-hybridized carbons (Fsp3) is 0.0526. The number of hydrogen-bond acceptors (Lipinski definition) is 5. The number of aromatic nitrogens is 3. The monoisotopic (exact) mass is 362 g/mol. The first-order valence-corrected chi connectivity index (χ1v) is 8.75. The third-order valence-corrected chi connectivity index (χ3v) is 4.89. The van der Waals surface area contributed by atoms with Gasteiger partial charge in [-0.1, -0.05) is 53.3 Å². The summed E-state index contributed by atoms with van der Waals surface area (Å²) in [6, 6.07) is 14.8. The van der Waals surface area contributed by atoms with Crippen LogP contribution in [-0.4, -0.2) is 26.9 Å². The molecule has 0 aliphatic rings. The Kier molecular flexibility index (Phi) is 4.06. The van der Waals surface area contributed by atoms with Gasteiger partial charge < -0.3 is 0 Å². The average Bonchev–Trinajstić information content (AvgIpc) is 3.28. The summed E-state index contributed by atoms with van der Waals surface area (Å²) >= 11 is 1.38. The van der Waals surface area contributed by atoms with E-state index in [1.165, 1.54) is 17.5 Å². The zero-order chi connectivity index (χ0) is 18.1. The number of thiazole rings is 1. The number of anilines is 1. The van der Waals surface area contributed by atoms with Crippen molar-refractivity contribution in [3.8, 4) is 0 Å². The van der Waals surface area contributed by atoms with Crippen LogP contribution in [0, 0.1) is 6.92 Å². The second-order valence-corrected chi connectivity index (χ2v) is 6.83. The molecule has 0 aliphatic heterocycles. The van der Waals surface area contributed by atoms with Gasteiger partial charge in [-0.15, -0.1) is 0 Å². The van der Waals surface area contributed by atoms with Crippen LogP contribution in [0.3, 0.4) is 0 Å². The Bertz CT molecular complexity index is 1080. The molecule has 128 valence electrons. The second kappa shape index (κ2) is 6.53. The predicted octanol–water partition coefficient (Wildman–Crippen LogP) is 3.81. The summed E-state index contributed by atoms with van der Waals surface area (Å²) in [4.78, 5) is 29.7. The lowest BCUT2D eigenvalue weighted by atomic mass is 10.0. The highest BCUT2D eigenvalue weighted by molar-refractivity contribution is 7.22. The predicted molar refractivity (Wildman–Crippen MR) is 101 cm³/mol. The molecule has 2 aromatic heterocycles. The van der Waals surface area contributed by atoms with Crippen LogP contribution in [0.25, 0.3) is 10.2 Å². The van der Waals surface area contributed by atoms with Gasteiger partial charge in [0, 0.05) is 5.56 Å². The summed E-state index contributed by atoms with van der Waals surface area (Å²) < 4.78 is 0.978. The van der Waals surface area contributed by atoms with E-state index in [0.29, 0.717) is 10.7 Å². The summed E-state index contributed by atoms with van der Waals surface area (Å²) in [6.07, 6.45) is 1.35. The minimum absolute atomic E-state index is 0.160. The Morgan fingerprint density at radius 3 is 2.62 bits per heavy atom. The van der Waals surface area contributed by atoms with E-state index >= 15 is 0 Å². The van der Waals surface area contributed by atoms with Crippen molar-refractivity contribution in [1.29, 1.82) is 0 Å². The number of aryl methyl sites for hydroxylation is 1. The molecular formula is C19H14N4O2S. The number of carbonyl (C=O) groups excluding carboxylic acids is 2. The number of fused-ring (bicyclic) bond motifs is 1. The molecule has 2 N–H and O–H groups in total. The van der Waals surface area contributed by atoms with Crippen LogP contribution in [0.15, 0.2) is 54.7 Å². The van der Waals surface area contributed by atoms with Gasteiger partial charge in [-0.05, 0) is 19.1 Å². The van der Waals surface area contributed by atoms with E-state index in [4.69, 9.17) is 0 Å². The van der Waals surface area contributed by atoms with Crippen molar-refractivity contribution < 1.29 is 9.59 Å². The van der Waals surface area contributed by atoms with Gasteiger partial charge in [0.2, 0.25) is 5.78 Å². The molecule has 0 bridgehead atoms. The molecule has 4 rings (SSSR count). The maximum atomic E-state index is 12.7. The maximum Gasteiger partial charge on any atom is 0.261 e. The SMILES string of the molecule is Cc1ccc(C(=O)c2[nH]ncc2C(=O)Nc2nc3ccccc3s2)cc1. The number of ketones is 1. The van der Waals surface area contributed by atoms with Crippen LogP contribution >= 0.6 is 11.3 Å². The number of aromatic amines is 1. The number of benzene rings is 2. The topological polar surface area (TPSA) is 87.7 Å². The third kappa shape index (κ3) is 3.00. The Hall–Kier alpha value is -3.32. The molecule has 2 heterocycles. The van der Waals surface area contributed by atoms with E-state index in [1.54, 1.807) is 12.1 Å². The molecule has 0 spiro atoms. The van der Waals surface area contributed by atoms with Crippen LogP contribution in [0.1, 0.15) is 32.0 Å². The van der Waals surface area contributed by atoms with E-state index in [-0.39, 0.29) is 17.0 Å². The van der Waals surface area contributed by atoms with Crippen LogP contribution in [-0.2, 0) is 0 Å². The van der Waals surface area contributed by atoms with E-state index in [0.717, 1.165) is 15.8 Å². The van der Waals surface area contributed by atoms with E-state index in [1.807, 2.05) is 43.3 Å². The van der Waals surface area contributed by atoms with Crippen molar-refractivity contribution in [3.05, 3.63) is 77.1 Å². The molecule has 1 amide bonds. The van der Waals surface area contributed by atoms with Crippen molar-refractivity contribution >= 4 is 38.4 Å². The zero-order valence-corrected chi connectivity index (χ0v) is 14.6. The fourth-order valence-corrected chi connectivity index (χ4v) is 3.43. The van der Waals surface area contributed by atoms with E-state index in [9.17, 15) is 9.59 Å². The largest absolute Gasteiger partial charge is 0.298 e. The first-order valence-electron chi connectivity index (χ1n) is 7.93. The Labute approximate surface area is 152 Å². The highest BCUT2D eigenvalue weighted by Gasteiger charge is 2.21. The number of H-pyrrole nitrogens is 1. The number of hydrogen-bond donors (Lipinski definition) is 2. The molecule has 0 atom stereocenters. The minimum atomic E-state index is -0.423. The van der Waals surface area contributed by atoms with Crippen molar-refractivity contribution in [2.75, 3.05) is 5.32 Å². The summed E-state index contributed by atoms with van der Waals surface area (Å²) in [7, 11) is 0. The van der Waals surface area contributed by atoms with Crippen molar-refractivity contribution in [3.63, 3.8) is 0 Å². The highest BCUT2D eigenvalue weighted by Crippen LogP contribution is 2.26. The van der Waals surface area contributed by atoms with Crippen molar-refractivity contribution in [2.45, 2.75) is 6.92 Å². The maximum absolute atomic E-state index is 12.7. The molecule has 2 aromatic carbocycles. The number of rotatable bonds is 4. The van der Waals surface area contributed by atoms with E-state index < -0.39 is 5.91 Å². The Balaban J connectivity index is 1.60. The fourth-order valence-electron chi connectivity index (χ4n) is 2.57. The van der Waals surface area contributed by atoms with Gasteiger partial charge in [-0.3, -0.25) is 20.0 Å².